The average molecular weight is 308 g/mol. The van der Waals surface area contributed by atoms with Gasteiger partial charge in [-0.15, -0.1) is 23.4 Å². The van der Waals surface area contributed by atoms with E-state index in [1.54, 1.807) is 18.7 Å². The Morgan fingerprint density at radius 3 is 2.60 bits per heavy atom. The van der Waals surface area contributed by atoms with E-state index < -0.39 is 5.38 Å². The van der Waals surface area contributed by atoms with Crippen molar-refractivity contribution < 1.29 is 4.79 Å². The van der Waals surface area contributed by atoms with Gasteiger partial charge in [-0.25, -0.2) is 0 Å². The molecular weight excluding hydrogens is 290 g/mol. The molecule has 0 fully saturated rings. The van der Waals surface area contributed by atoms with Gasteiger partial charge >= 0.3 is 0 Å². The standard InChI is InChI=1S/C16H18ClNOS/c1-10-8-15(16(19)11(2)17)12(3)18(10)13-6-5-7-14(9-13)20-4/h5-9,11H,1-4H3. The summed E-state index contributed by atoms with van der Waals surface area (Å²) < 4.78 is 2.10. The number of halogens is 1. The van der Waals surface area contributed by atoms with Crippen molar-refractivity contribution in [3.63, 3.8) is 0 Å². The van der Waals surface area contributed by atoms with Crippen LogP contribution in [0.15, 0.2) is 35.2 Å². The summed E-state index contributed by atoms with van der Waals surface area (Å²) in [5.74, 6) is -0.0213. The highest BCUT2D eigenvalue weighted by Crippen LogP contribution is 2.25. The number of benzene rings is 1. The third kappa shape index (κ3) is 2.79. The minimum Gasteiger partial charge on any atom is -0.318 e. The molecule has 2 aromatic rings. The second kappa shape index (κ2) is 6.06. The quantitative estimate of drug-likeness (QED) is 0.467. The van der Waals surface area contributed by atoms with Crippen LogP contribution >= 0.6 is 23.4 Å². The lowest BCUT2D eigenvalue weighted by molar-refractivity contribution is 0.0991. The van der Waals surface area contributed by atoms with Crippen molar-refractivity contribution in [2.45, 2.75) is 31.0 Å². The SMILES string of the molecule is CSc1cccc(-n2c(C)cc(C(=O)C(C)Cl)c2C)c1. The van der Waals surface area contributed by atoms with Gasteiger partial charge in [-0.05, 0) is 51.3 Å². The fraction of sp³-hybridized carbons (Fsp3) is 0.312. The average Bonchev–Trinajstić information content (AvgIpc) is 2.73. The molecule has 106 valence electrons. The number of aromatic nitrogens is 1. The van der Waals surface area contributed by atoms with Crippen molar-refractivity contribution in [1.82, 2.24) is 4.57 Å². The number of Topliss-reactive ketones (excluding diaryl/α,β-unsaturated/α-hetero) is 1. The number of nitrogens with zero attached hydrogens (tertiary/aromatic N) is 1. The summed E-state index contributed by atoms with van der Waals surface area (Å²) in [7, 11) is 0. The Hall–Kier alpha value is -1.19. The third-order valence-corrected chi connectivity index (χ3v) is 4.29. The summed E-state index contributed by atoms with van der Waals surface area (Å²) in [5, 5.41) is -0.499. The number of hydrogen-bond donors (Lipinski definition) is 0. The first kappa shape index (κ1) is 15.2. The number of ketones is 1. The molecule has 4 heteroatoms. The first-order chi connectivity index (χ1) is 9.45. The van der Waals surface area contributed by atoms with Crippen molar-refractivity contribution >= 4 is 29.1 Å². The van der Waals surface area contributed by atoms with Gasteiger partial charge < -0.3 is 4.57 Å². The lowest BCUT2D eigenvalue weighted by atomic mass is 10.1. The van der Waals surface area contributed by atoms with Gasteiger partial charge in [0, 0.05) is 27.5 Å². The molecule has 0 amide bonds. The minimum absolute atomic E-state index is 0.0213. The van der Waals surface area contributed by atoms with E-state index in [0.29, 0.717) is 5.56 Å². The molecule has 1 atom stereocenters. The Morgan fingerprint density at radius 1 is 1.30 bits per heavy atom. The molecule has 2 nitrogen and oxygen atoms in total. The Balaban J connectivity index is 2.55. The smallest absolute Gasteiger partial charge is 0.182 e. The third-order valence-electron chi connectivity index (χ3n) is 3.37. The second-order valence-electron chi connectivity index (χ2n) is 4.80. The molecule has 0 aliphatic heterocycles. The zero-order chi connectivity index (χ0) is 14.9. The van der Waals surface area contributed by atoms with Crippen LogP contribution in [0.2, 0.25) is 0 Å². The highest BCUT2D eigenvalue weighted by Gasteiger charge is 2.19. The van der Waals surface area contributed by atoms with Gasteiger partial charge in [0.15, 0.2) is 5.78 Å². The summed E-state index contributed by atoms with van der Waals surface area (Å²) >= 11 is 7.63. The van der Waals surface area contributed by atoms with Gasteiger partial charge in [-0.1, -0.05) is 6.07 Å². The van der Waals surface area contributed by atoms with Crippen LogP contribution in [0.3, 0.4) is 0 Å². The first-order valence-corrected chi connectivity index (χ1v) is 8.13. The first-order valence-electron chi connectivity index (χ1n) is 6.47. The Labute approximate surface area is 129 Å². The van der Waals surface area contributed by atoms with Crippen molar-refractivity contribution in [2.24, 2.45) is 0 Å². The number of thioether (sulfide) groups is 1. The molecule has 1 aromatic carbocycles. The summed E-state index contributed by atoms with van der Waals surface area (Å²) in [6, 6.07) is 10.2. The minimum atomic E-state index is -0.499. The molecule has 0 saturated carbocycles. The van der Waals surface area contributed by atoms with Crippen molar-refractivity contribution in [2.75, 3.05) is 6.26 Å². The molecule has 0 bridgehead atoms. The van der Waals surface area contributed by atoms with E-state index in [4.69, 9.17) is 11.6 Å². The molecule has 0 spiro atoms. The van der Waals surface area contributed by atoms with Gasteiger partial charge in [0.25, 0.3) is 0 Å². The molecule has 0 radical (unpaired) electrons. The van der Waals surface area contributed by atoms with Crippen LogP contribution in [-0.2, 0) is 0 Å². The number of carbonyl (C=O) groups is 1. The lowest BCUT2D eigenvalue weighted by Crippen LogP contribution is -2.11. The van der Waals surface area contributed by atoms with E-state index in [0.717, 1.165) is 17.1 Å². The maximum absolute atomic E-state index is 12.1. The van der Waals surface area contributed by atoms with Crippen LogP contribution < -0.4 is 0 Å². The highest BCUT2D eigenvalue weighted by atomic mass is 35.5. The van der Waals surface area contributed by atoms with Crippen LogP contribution in [0.5, 0.6) is 0 Å². The Bertz CT molecular complexity index is 646. The Kier molecular flexibility index (Phi) is 4.61. The monoisotopic (exact) mass is 307 g/mol. The van der Waals surface area contributed by atoms with Crippen LogP contribution in [0.4, 0.5) is 0 Å². The lowest BCUT2D eigenvalue weighted by Gasteiger charge is -2.11. The van der Waals surface area contributed by atoms with Gasteiger partial charge in [0.1, 0.15) is 0 Å². The predicted molar refractivity (Wildman–Crippen MR) is 86.7 cm³/mol. The number of rotatable bonds is 4. The summed E-state index contributed by atoms with van der Waals surface area (Å²) in [5.41, 5.74) is 3.77. The van der Waals surface area contributed by atoms with Crippen molar-refractivity contribution in [3.05, 3.63) is 47.3 Å². The number of carbonyl (C=O) groups excluding carboxylic acids is 1. The molecule has 1 unspecified atom stereocenters. The zero-order valence-electron chi connectivity index (χ0n) is 12.1. The summed E-state index contributed by atoms with van der Waals surface area (Å²) in [6.07, 6.45) is 2.05. The van der Waals surface area contributed by atoms with Crippen molar-refractivity contribution in [1.29, 1.82) is 0 Å². The Morgan fingerprint density at radius 2 is 2.00 bits per heavy atom. The molecular formula is C16H18ClNOS. The molecule has 1 heterocycles. The summed E-state index contributed by atoms with van der Waals surface area (Å²) in [4.78, 5) is 13.3. The van der Waals surface area contributed by atoms with Crippen LogP contribution in [0.1, 0.15) is 28.7 Å². The van der Waals surface area contributed by atoms with Gasteiger partial charge in [-0.2, -0.15) is 0 Å². The van der Waals surface area contributed by atoms with Gasteiger partial charge in [-0.3, -0.25) is 4.79 Å². The topological polar surface area (TPSA) is 22.0 Å². The molecule has 20 heavy (non-hydrogen) atoms. The maximum atomic E-state index is 12.1. The van der Waals surface area contributed by atoms with Crippen LogP contribution in [0.25, 0.3) is 5.69 Å². The van der Waals surface area contributed by atoms with Gasteiger partial charge in [0.2, 0.25) is 0 Å². The number of aryl methyl sites for hydroxylation is 1. The molecule has 0 N–H and O–H groups in total. The van der Waals surface area contributed by atoms with Gasteiger partial charge in [0.05, 0.1) is 5.38 Å². The summed E-state index contributed by atoms with van der Waals surface area (Å²) in [6.45, 7) is 5.68. The van der Waals surface area contributed by atoms with E-state index in [1.165, 1.54) is 4.90 Å². The fourth-order valence-corrected chi connectivity index (χ4v) is 2.94. The predicted octanol–water partition coefficient (Wildman–Crippen LogP) is 4.63. The normalized spacial score (nSPS) is 12.4. The maximum Gasteiger partial charge on any atom is 0.182 e. The molecule has 1 aromatic heterocycles. The fourth-order valence-electron chi connectivity index (χ4n) is 2.37. The molecule has 0 aliphatic rings. The van der Waals surface area contributed by atoms with Crippen LogP contribution in [0, 0.1) is 13.8 Å². The zero-order valence-corrected chi connectivity index (χ0v) is 13.7. The van der Waals surface area contributed by atoms with E-state index in [-0.39, 0.29) is 5.78 Å². The molecule has 0 aliphatic carbocycles. The molecule has 0 saturated heterocycles. The number of alkyl halides is 1. The molecule has 2 rings (SSSR count). The highest BCUT2D eigenvalue weighted by molar-refractivity contribution is 7.98. The van der Waals surface area contributed by atoms with Crippen LogP contribution in [-0.4, -0.2) is 22.0 Å². The van der Waals surface area contributed by atoms with Crippen molar-refractivity contribution in [3.8, 4) is 5.69 Å². The second-order valence-corrected chi connectivity index (χ2v) is 6.34. The van der Waals surface area contributed by atoms with E-state index in [2.05, 4.69) is 29.0 Å². The van der Waals surface area contributed by atoms with E-state index in [1.807, 2.05) is 26.0 Å². The number of hydrogen-bond acceptors (Lipinski definition) is 2. The largest absolute Gasteiger partial charge is 0.318 e. The van der Waals surface area contributed by atoms with E-state index >= 15 is 0 Å². The van der Waals surface area contributed by atoms with E-state index in [9.17, 15) is 4.79 Å².